The summed E-state index contributed by atoms with van der Waals surface area (Å²) in [6.45, 7) is 3.38. The lowest BCUT2D eigenvalue weighted by atomic mass is 9.95. The van der Waals surface area contributed by atoms with Crippen molar-refractivity contribution in [2.24, 2.45) is 5.41 Å². The smallest absolute Gasteiger partial charge is 0.126 e. The molecule has 0 spiro atoms. The van der Waals surface area contributed by atoms with Gasteiger partial charge >= 0.3 is 0 Å². The van der Waals surface area contributed by atoms with Crippen molar-refractivity contribution in [3.63, 3.8) is 0 Å². The van der Waals surface area contributed by atoms with Crippen LogP contribution in [0, 0.1) is 5.41 Å². The zero-order valence-electron chi connectivity index (χ0n) is 15.5. The van der Waals surface area contributed by atoms with Crippen LogP contribution in [-0.4, -0.2) is 17.6 Å². The van der Waals surface area contributed by atoms with E-state index in [1.54, 1.807) is 6.20 Å². The largest absolute Gasteiger partial charge is 0.384 e. The number of hydrogen-bond acceptors (Lipinski definition) is 3. The van der Waals surface area contributed by atoms with E-state index in [9.17, 15) is 0 Å². The molecule has 0 bridgehead atoms. The molecular weight excluding hydrogens is 342 g/mol. The molecule has 1 aromatic carbocycles. The minimum atomic E-state index is 0.488. The molecule has 2 aliphatic rings. The van der Waals surface area contributed by atoms with Crippen LogP contribution in [0.1, 0.15) is 51.9 Å². The summed E-state index contributed by atoms with van der Waals surface area (Å²) in [7, 11) is 0. The van der Waals surface area contributed by atoms with Crippen molar-refractivity contribution in [1.29, 1.82) is 0 Å². The minimum absolute atomic E-state index is 0.488. The Kier molecular flexibility index (Phi) is 5.08. The number of hydrogen-bond donors (Lipinski definition) is 2. The molecule has 4 heteroatoms. The molecule has 2 fully saturated rings. The fraction of sp³-hybridized carbons (Fsp3) is 0.500. The van der Waals surface area contributed by atoms with Gasteiger partial charge in [-0.15, -0.1) is 0 Å². The number of pyridine rings is 1. The molecule has 2 N–H and O–H groups in total. The van der Waals surface area contributed by atoms with Crippen LogP contribution in [0.3, 0.4) is 0 Å². The van der Waals surface area contributed by atoms with E-state index in [4.69, 9.17) is 11.6 Å². The normalized spacial score (nSPS) is 19.2. The Morgan fingerprint density at radius 2 is 1.96 bits per heavy atom. The van der Waals surface area contributed by atoms with Crippen LogP contribution in [0.15, 0.2) is 36.5 Å². The van der Waals surface area contributed by atoms with Crippen LogP contribution in [-0.2, 0) is 0 Å². The maximum absolute atomic E-state index is 6.47. The van der Waals surface area contributed by atoms with E-state index in [0.717, 1.165) is 29.2 Å². The maximum atomic E-state index is 6.47. The molecule has 4 rings (SSSR count). The summed E-state index contributed by atoms with van der Waals surface area (Å²) in [5.74, 6) is 0.931. The Morgan fingerprint density at radius 3 is 2.73 bits per heavy atom. The predicted octanol–water partition coefficient (Wildman–Crippen LogP) is 6.36. The zero-order chi connectivity index (χ0) is 18.0. The molecule has 1 heterocycles. The van der Waals surface area contributed by atoms with Gasteiger partial charge in [-0.25, -0.2) is 4.98 Å². The van der Waals surface area contributed by atoms with Crippen LogP contribution < -0.4 is 10.6 Å². The van der Waals surface area contributed by atoms with Gasteiger partial charge in [-0.1, -0.05) is 49.9 Å². The predicted molar refractivity (Wildman–Crippen MR) is 111 cm³/mol. The number of nitrogens with one attached hydrogen (secondary N) is 2. The number of aromatic nitrogens is 1. The molecule has 0 aliphatic heterocycles. The number of benzene rings is 1. The molecule has 1 aromatic heterocycles. The first-order valence-electron chi connectivity index (χ1n) is 9.88. The number of anilines is 2. The van der Waals surface area contributed by atoms with Gasteiger partial charge in [0.05, 0.1) is 5.02 Å². The van der Waals surface area contributed by atoms with E-state index in [1.165, 1.54) is 44.9 Å². The van der Waals surface area contributed by atoms with Gasteiger partial charge in [0.25, 0.3) is 0 Å². The Balaban J connectivity index is 1.51. The third-order valence-electron chi connectivity index (χ3n) is 5.81. The highest BCUT2D eigenvalue weighted by Gasteiger charge is 2.36. The SMILES string of the molecule is CC1(CNc2cccc(-c3cc(NC4CCCCC4)ncc3Cl)c2)CC1. The standard InChI is InChI=1S/C22H28ClN3/c1-22(10-11-22)15-25-18-9-5-6-16(12-18)19-13-21(24-14-20(19)23)26-17-7-3-2-4-8-17/h5-6,9,12-14,17,25H,2-4,7-8,10-11,15H2,1H3,(H,24,26). The van der Waals surface area contributed by atoms with E-state index < -0.39 is 0 Å². The van der Waals surface area contributed by atoms with Crippen molar-refractivity contribution in [2.75, 3.05) is 17.2 Å². The van der Waals surface area contributed by atoms with Gasteiger partial charge in [0, 0.05) is 30.0 Å². The van der Waals surface area contributed by atoms with Crippen LogP contribution in [0.25, 0.3) is 11.1 Å². The minimum Gasteiger partial charge on any atom is -0.384 e. The van der Waals surface area contributed by atoms with Crippen molar-refractivity contribution >= 4 is 23.1 Å². The third kappa shape index (κ3) is 4.32. The van der Waals surface area contributed by atoms with Crippen LogP contribution in [0.4, 0.5) is 11.5 Å². The van der Waals surface area contributed by atoms with Gasteiger partial charge in [-0.2, -0.15) is 0 Å². The average Bonchev–Trinajstić information content (AvgIpc) is 3.41. The second-order valence-corrected chi connectivity index (χ2v) is 8.68. The van der Waals surface area contributed by atoms with E-state index in [1.807, 2.05) is 0 Å². The van der Waals surface area contributed by atoms with Gasteiger partial charge in [0.1, 0.15) is 5.82 Å². The molecule has 0 amide bonds. The second kappa shape index (κ2) is 7.48. The molecule has 3 nitrogen and oxygen atoms in total. The first-order valence-corrected chi connectivity index (χ1v) is 10.3. The molecule has 0 radical (unpaired) electrons. The fourth-order valence-electron chi connectivity index (χ4n) is 3.70. The molecular formula is C22H28ClN3. The molecule has 0 saturated heterocycles. The molecule has 0 unspecified atom stereocenters. The number of nitrogens with zero attached hydrogens (tertiary/aromatic N) is 1. The molecule has 26 heavy (non-hydrogen) atoms. The van der Waals surface area contributed by atoms with Crippen molar-refractivity contribution in [2.45, 2.75) is 57.9 Å². The third-order valence-corrected chi connectivity index (χ3v) is 6.11. The van der Waals surface area contributed by atoms with E-state index in [2.05, 4.69) is 52.9 Å². The van der Waals surface area contributed by atoms with Crippen molar-refractivity contribution in [3.05, 3.63) is 41.6 Å². The summed E-state index contributed by atoms with van der Waals surface area (Å²) in [4.78, 5) is 4.50. The average molecular weight is 370 g/mol. The summed E-state index contributed by atoms with van der Waals surface area (Å²) < 4.78 is 0. The number of rotatable bonds is 6. The Hall–Kier alpha value is -1.74. The van der Waals surface area contributed by atoms with Crippen LogP contribution >= 0.6 is 11.6 Å². The first-order chi connectivity index (χ1) is 12.6. The highest BCUT2D eigenvalue weighted by Crippen LogP contribution is 2.44. The van der Waals surface area contributed by atoms with Crippen LogP contribution in [0.5, 0.6) is 0 Å². The van der Waals surface area contributed by atoms with Crippen molar-refractivity contribution in [1.82, 2.24) is 4.98 Å². The molecule has 2 aliphatic carbocycles. The lowest BCUT2D eigenvalue weighted by molar-refractivity contribution is 0.462. The summed E-state index contributed by atoms with van der Waals surface area (Å²) in [5, 5.41) is 7.88. The Bertz CT molecular complexity index is 764. The van der Waals surface area contributed by atoms with Gasteiger partial charge in [-0.05, 0) is 54.9 Å². The summed E-state index contributed by atoms with van der Waals surface area (Å²) in [6, 6.07) is 11.2. The topological polar surface area (TPSA) is 37.0 Å². The van der Waals surface area contributed by atoms with Gasteiger partial charge < -0.3 is 10.6 Å². The molecule has 138 valence electrons. The van der Waals surface area contributed by atoms with Gasteiger partial charge in [0.15, 0.2) is 0 Å². The van der Waals surface area contributed by atoms with E-state index in [0.29, 0.717) is 16.5 Å². The first kappa shape index (κ1) is 17.7. The van der Waals surface area contributed by atoms with Gasteiger partial charge in [-0.3, -0.25) is 0 Å². The fourth-order valence-corrected chi connectivity index (χ4v) is 3.91. The monoisotopic (exact) mass is 369 g/mol. The number of halogens is 1. The summed E-state index contributed by atoms with van der Waals surface area (Å²) in [6.07, 6.45) is 10.9. The molecule has 0 atom stereocenters. The lowest BCUT2D eigenvalue weighted by Gasteiger charge is -2.23. The van der Waals surface area contributed by atoms with E-state index in [-0.39, 0.29) is 0 Å². The lowest BCUT2D eigenvalue weighted by Crippen LogP contribution is -2.22. The Labute approximate surface area is 161 Å². The van der Waals surface area contributed by atoms with Crippen LogP contribution in [0.2, 0.25) is 5.02 Å². The highest BCUT2D eigenvalue weighted by molar-refractivity contribution is 6.33. The van der Waals surface area contributed by atoms with Crippen molar-refractivity contribution in [3.8, 4) is 11.1 Å². The maximum Gasteiger partial charge on any atom is 0.126 e. The molecule has 2 saturated carbocycles. The zero-order valence-corrected chi connectivity index (χ0v) is 16.3. The molecule has 2 aromatic rings. The highest BCUT2D eigenvalue weighted by atomic mass is 35.5. The summed E-state index contributed by atoms with van der Waals surface area (Å²) >= 11 is 6.47. The quantitative estimate of drug-likeness (QED) is 0.622. The summed E-state index contributed by atoms with van der Waals surface area (Å²) in [5.41, 5.74) is 3.82. The second-order valence-electron chi connectivity index (χ2n) is 8.27. The Morgan fingerprint density at radius 1 is 1.15 bits per heavy atom. The van der Waals surface area contributed by atoms with Crippen molar-refractivity contribution < 1.29 is 0 Å². The van der Waals surface area contributed by atoms with Gasteiger partial charge in [0.2, 0.25) is 0 Å². The van der Waals surface area contributed by atoms with E-state index >= 15 is 0 Å².